The number of ether oxygens (including phenoxy) is 1. The first-order chi connectivity index (χ1) is 11.7. The number of nitrogens with zero attached hydrogens (tertiary/aromatic N) is 1. The smallest absolute Gasteiger partial charge is 0.310 e. The van der Waals surface area contributed by atoms with E-state index >= 15 is 0 Å². The Hall–Kier alpha value is -1.84. The van der Waals surface area contributed by atoms with Crippen LogP contribution in [-0.2, 0) is 16.1 Å². The molecule has 2 aromatic carbocycles. The normalized spacial score (nSPS) is 20.9. The van der Waals surface area contributed by atoms with E-state index in [4.69, 9.17) is 16.3 Å². The first-order valence-electron chi connectivity index (χ1n) is 8.36. The van der Waals surface area contributed by atoms with Crippen LogP contribution < -0.4 is 0 Å². The number of halogens is 1. The zero-order chi connectivity index (χ0) is 16.9. The highest BCUT2D eigenvalue weighted by Gasteiger charge is 2.40. The summed E-state index contributed by atoms with van der Waals surface area (Å²) in [6.07, 6.45) is 0. The van der Waals surface area contributed by atoms with Gasteiger partial charge in [0.25, 0.3) is 0 Å². The van der Waals surface area contributed by atoms with E-state index < -0.39 is 0 Å². The standard InChI is InChI=1S/C20H22ClNO2/c1-2-24-20(23)18-14-22(12-15-8-4-3-5-9-15)13-17(18)16-10-6-7-11-19(16)21/h3-11,17-18H,2,12-14H2,1H3/t17-,18-/m1/s1. The van der Waals surface area contributed by atoms with Gasteiger partial charge < -0.3 is 4.74 Å². The summed E-state index contributed by atoms with van der Waals surface area (Å²) in [6.45, 7) is 4.59. The lowest BCUT2D eigenvalue weighted by Gasteiger charge is -2.18. The van der Waals surface area contributed by atoms with Crippen LogP contribution in [0, 0.1) is 5.92 Å². The van der Waals surface area contributed by atoms with Gasteiger partial charge in [0.05, 0.1) is 12.5 Å². The van der Waals surface area contributed by atoms with Crippen LogP contribution in [0.4, 0.5) is 0 Å². The number of hydrogen-bond acceptors (Lipinski definition) is 3. The minimum absolute atomic E-state index is 0.0708. The molecule has 0 unspecified atom stereocenters. The molecule has 0 saturated carbocycles. The van der Waals surface area contributed by atoms with Gasteiger partial charge in [0.15, 0.2) is 0 Å². The number of benzene rings is 2. The maximum Gasteiger partial charge on any atom is 0.310 e. The van der Waals surface area contributed by atoms with Gasteiger partial charge in [-0.3, -0.25) is 9.69 Å². The molecule has 126 valence electrons. The Balaban J connectivity index is 1.82. The molecule has 3 nitrogen and oxygen atoms in total. The van der Waals surface area contributed by atoms with E-state index in [1.165, 1.54) is 5.56 Å². The van der Waals surface area contributed by atoms with Crippen molar-refractivity contribution in [2.75, 3.05) is 19.7 Å². The highest BCUT2D eigenvalue weighted by atomic mass is 35.5. The fourth-order valence-electron chi connectivity index (χ4n) is 3.44. The highest BCUT2D eigenvalue weighted by Crippen LogP contribution is 2.37. The van der Waals surface area contributed by atoms with E-state index in [0.29, 0.717) is 13.2 Å². The van der Waals surface area contributed by atoms with E-state index in [2.05, 4.69) is 17.0 Å². The Morgan fingerprint density at radius 3 is 2.54 bits per heavy atom. The van der Waals surface area contributed by atoms with Crippen molar-refractivity contribution in [3.8, 4) is 0 Å². The topological polar surface area (TPSA) is 29.5 Å². The maximum absolute atomic E-state index is 12.4. The SMILES string of the molecule is CCOC(=O)[C@@H]1CN(Cc2ccccc2)C[C@@H]1c1ccccc1Cl. The van der Waals surface area contributed by atoms with Gasteiger partial charge in [0.2, 0.25) is 0 Å². The predicted octanol–water partition coefficient (Wildman–Crippen LogP) is 4.12. The van der Waals surface area contributed by atoms with Crippen LogP contribution in [0.3, 0.4) is 0 Å². The Labute approximate surface area is 148 Å². The van der Waals surface area contributed by atoms with E-state index in [0.717, 1.165) is 23.7 Å². The van der Waals surface area contributed by atoms with Crippen LogP contribution in [0.15, 0.2) is 54.6 Å². The number of carbonyl (C=O) groups is 1. The third-order valence-corrected chi connectivity index (χ3v) is 4.88. The first-order valence-corrected chi connectivity index (χ1v) is 8.74. The second kappa shape index (κ2) is 7.82. The van der Waals surface area contributed by atoms with E-state index in [1.807, 2.05) is 49.4 Å². The minimum Gasteiger partial charge on any atom is -0.466 e. The van der Waals surface area contributed by atoms with Crippen LogP contribution in [0.25, 0.3) is 0 Å². The third kappa shape index (κ3) is 3.80. The van der Waals surface area contributed by atoms with Crippen molar-refractivity contribution in [2.45, 2.75) is 19.4 Å². The van der Waals surface area contributed by atoms with Crippen molar-refractivity contribution in [2.24, 2.45) is 5.92 Å². The van der Waals surface area contributed by atoms with Crippen LogP contribution in [-0.4, -0.2) is 30.6 Å². The summed E-state index contributed by atoms with van der Waals surface area (Å²) in [6, 6.07) is 18.1. The van der Waals surface area contributed by atoms with Gasteiger partial charge >= 0.3 is 5.97 Å². The van der Waals surface area contributed by atoms with Gasteiger partial charge in [-0.1, -0.05) is 60.1 Å². The molecule has 24 heavy (non-hydrogen) atoms. The Morgan fingerprint density at radius 2 is 1.83 bits per heavy atom. The summed E-state index contributed by atoms with van der Waals surface area (Å²) in [4.78, 5) is 14.8. The van der Waals surface area contributed by atoms with Gasteiger partial charge in [-0.2, -0.15) is 0 Å². The van der Waals surface area contributed by atoms with Gasteiger partial charge in [-0.25, -0.2) is 0 Å². The number of esters is 1. The van der Waals surface area contributed by atoms with Crippen molar-refractivity contribution >= 4 is 17.6 Å². The minimum atomic E-state index is -0.173. The summed E-state index contributed by atoms with van der Waals surface area (Å²) < 4.78 is 5.31. The second-order valence-electron chi connectivity index (χ2n) is 6.17. The zero-order valence-electron chi connectivity index (χ0n) is 13.8. The molecule has 1 aliphatic heterocycles. The van der Waals surface area contributed by atoms with Gasteiger partial charge in [0.1, 0.15) is 0 Å². The quantitative estimate of drug-likeness (QED) is 0.765. The molecule has 0 aliphatic carbocycles. The van der Waals surface area contributed by atoms with E-state index in [-0.39, 0.29) is 17.8 Å². The molecule has 1 aliphatic rings. The Bertz CT molecular complexity index is 689. The van der Waals surface area contributed by atoms with Crippen LogP contribution >= 0.6 is 11.6 Å². The highest BCUT2D eigenvalue weighted by molar-refractivity contribution is 6.31. The lowest BCUT2D eigenvalue weighted by molar-refractivity contribution is -0.148. The summed E-state index contributed by atoms with van der Waals surface area (Å²) in [7, 11) is 0. The lowest BCUT2D eigenvalue weighted by atomic mass is 9.89. The van der Waals surface area contributed by atoms with Gasteiger partial charge in [0, 0.05) is 30.6 Å². The molecule has 0 amide bonds. The van der Waals surface area contributed by atoms with Crippen molar-refractivity contribution in [3.63, 3.8) is 0 Å². The van der Waals surface area contributed by atoms with Crippen LogP contribution in [0.2, 0.25) is 5.02 Å². The number of rotatable bonds is 5. The Kier molecular flexibility index (Phi) is 5.54. The fraction of sp³-hybridized carbons (Fsp3) is 0.350. The molecule has 1 fully saturated rings. The van der Waals surface area contributed by atoms with E-state index in [1.54, 1.807) is 0 Å². The molecular formula is C20H22ClNO2. The maximum atomic E-state index is 12.4. The summed E-state index contributed by atoms with van der Waals surface area (Å²) >= 11 is 6.39. The number of hydrogen-bond donors (Lipinski definition) is 0. The Morgan fingerprint density at radius 1 is 1.12 bits per heavy atom. The summed E-state index contributed by atoms with van der Waals surface area (Å²) in [5.74, 6) is -0.229. The molecule has 0 bridgehead atoms. The average Bonchev–Trinajstić information content (AvgIpc) is 3.00. The molecule has 3 rings (SSSR count). The van der Waals surface area contributed by atoms with Gasteiger partial charge in [-0.15, -0.1) is 0 Å². The molecule has 4 heteroatoms. The molecule has 0 aromatic heterocycles. The second-order valence-corrected chi connectivity index (χ2v) is 6.57. The van der Waals surface area contributed by atoms with Gasteiger partial charge in [-0.05, 0) is 24.1 Å². The van der Waals surface area contributed by atoms with Crippen LogP contribution in [0.5, 0.6) is 0 Å². The number of carbonyl (C=O) groups excluding carboxylic acids is 1. The largest absolute Gasteiger partial charge is 0.466 e. The zero-order valence-corrected chi connectivity index (χ0v) is 14.6. The molecule has 1 saturated heterocycles. The number of likely N-dealkylation sites (tertiary alicyclic amines) is 1. The fourth-order valence-corrected chi connectivity index (χ4v) is 3.71. The van der Waals surface area contributed by atoms with Crippen molar-refractivity contribution in [1.29, 1.82) is 0 Å². The van der Waals surface area contributed by atoms with E-state index in [9.17, 15) is 4.79 Å². The molecule has 0 spiro atoms. The van der Waals surface area contributed by atoms with Crippen molar-refractivity contribution < 1.29 is 9.53 Å². The summed E-state index contributed by atoms with van der Waals surface area (Å²) in [5.41, 5.74) is 2.28. The lowest BCUT2D eigenvalue weighted by Crippen LogP contribution is -2.25. The van der Waals surface area contributed by atoms with Crippen molar-refractivity contribution in [3.05, 3.63) is 70.7 Å². The molecule has 0 N–H and O–H groups in total. The average molecular weight is 344 g/mol. The molecule has 0 radical (unpaired) electrons. The third-order valence-electron chi connectivity index (χ3n) is 4.54. The summed E-state index contributed by atoms with van der Waals surface area (Å²) in [5, 5.41) is 0.721. The molecule has 2 atom stereocenters. The molecule has 2 aromatic rings. The van der Waals surface area contributed by atoms with Crippen molar-refractivity contribution in [1.82, 2.24) is 4.90 Å². The monoisotopic (exact) mass is 343 g/mol. The molecule has 1 heterocycles. The first kappa shape index (κ1) is 17.0. The molecular weight excluding hydrogens is 322 g/mol. The van der Waals surface area contributed by atoms with Crippen LogP contribution in [0.1, 0.15) is 24.0 Å². The predicted molar refractivity (Wildman–Crippen MR) is 96.0 cm³/mol.